The van der Waals surface area contributed by atoms with Crippen molar-refractivity contribution in [2.75, 3.05) is 6.54 Å². The molecule has 2 heteroatoms. The first kappa shape index (κ1) is 9.72. The molecule has 12 heavy (non-hydrogen) atoms. The van der Waals surface area contributed by atoms with E-state index in [1.54, 1.807) is 0 Å². The number of nitrogens with one attached hydrogen (secondary N) is 1. The summed E-state index contributed by atoms with van der Waals surface area (Å²) < 4.78 is 0. The fraction of sp³-hybridized carbons (Fsp3) is 0.900. The molecule has 0 aromatic rings. The van der Waals surface area contributed by atoms with Gasteiger partial charge in [0.05, 0.1) is 0 Å². The molecule has 1 fully saturated rings. The summed E-state index contributed by atoms with van der Waals surface area (Å²) in [7, 11) is 0. The highest BCUT2D eigenvalue weighted by Crippen LogP contribution is 2.20. The number of ketones is 1. The molecule has 0 bridgehead atoms. The van der Waals surface area contributed by atoms with Gasteiger partial charge in [0.2, 0.25) is 0 Å². The lowest BCUT2D eigenvalue weighted by atomic mass is 9.88. The maximum absolute atomic E-state index is 10.9. The third-order valence-electron chi connectivity index (χ3n) is 2.48. The summed E-state index contributed by atoms with van der Waals surface area (Å²) in [5, 5.41) is 3.42. The molecule has 0 aromatic carbocycles. The SMILES string of the molecule is CC(C)NCC1CCC(=O)CC1. The molecule has 2 nitrogen and oxygen atoms in total. The molecule has 70 valence electrons. The Balaban J connectivity index is 2.13. The van der Waals surface area contributed by atoms with Crippen molar-refractivity contribution >= 4 is 5.78 Å². The number of hydrogen-bond donors (Lipinski definition) is 1. The maximum atomic E-state index is 10.9. The minimum atomic E-state index is 0.454. The molecule has 0 spiro atoms. The Morgan fingerprint density at radius 3 is 2.50 bits per heavy atom. The minimum Gasteiger partial charge on any atom is -0.314 e. The van der Waals surface area contributed by atoms with Gasteiger partial charge in [-0.15, -0.1) is 0 Å². The number of hydrogen-bond acceptors (Lipinski definition) is 2. The van der Waals surface area contributed by atoms with Gasteiger partial charge in [0, 0.05) is 18.9 Å². The molecule has 0 unspecified atom stereocenters. The van der Waals surface area contributed by atoms with E-state index in [1.165, 1.54) is 0 Å². The second-order valence-corrected chi connectivity index (χ2v) is 4.04. The average Bonchev–Trinajstić information content (AvgIpc) is 2.03. The Labute approximate surface area is 74.7 Å². The zero-order chi connectivity index (χ0) is 8.97. The predicted molar refractivity (Wildman–Crippen MR) is 50.1 cm³/mol. The highest BCUT2D eigenvalue weighted by molar-refractivity contribution is 5.79. The van der Waals surface area contributed by atoms with Gasteiger partial charge in [-0.2, -0.15) is 0 Å². The zero-order valence-electron chi connectivity index (χ0n) is 8.10. The van der Waals surface area contributed by atoms with Crippen LogP contribution in [-0.4, -0.2) is 18.4 Å². The highest BCUT2D eigenvalue weighted by Gasteiger charge is 2.18. The summed E-state index contributed by atoms with van der Waals surface area (Å²) in [5.74, 6) is 1.20. The molecule has 1 aliphatic carbocycles. The van der Waals surface area contributed by atoms with Crippen LogP contribution in [0.4, 0.5) is 0 Å². The predicted octanol–water partition coefficient (Wildman–Crippen LogP) is 1.74. The van der Waals surface area contributed by atoms with Crippen LogP contribution in [-0.2, 0) is 4.79 Å². The van der Waals surface area contributed by atoms with Gasteiger partial charge in [-0.3, -0.25) is 4.79 Å². The Morgan fingerprint density at radius 1 is 1.42 bits per heavy atom. The van der Waals surface area contributed by atoms with Crippen molar-refractivity contribution in [2.24, 2.45) is 5.92 Å². The number of carbonyl (C=O) groups is 1. The van der Waals surface area contributed by atoms with Crippen LogP contribution in [0, 0.1) is 5.92 Å². The lowest BCUT2D eigenvalue weighted by Gasteiger charge is -2.22. The second kappa shape index (κ2) is 4.61. The van der Waals surface area contributed by atoms with Crippen molar-refractivity contribution in [3.63, 3.8) is 0 Å². The van der Waals surface area contributed by atoms with Crippen molar-refractivity contribution in [1.82, 2.24) is 5.32 Å². The van der Waals surface area contributed by atoms with E-state index in [0.717, 1.165) is 38.1 Å². The molecule has 0 atom stereocenters. The first-order chi connectivity index (χ1) is 5.68. The van der Waals surface area contributed by atoms with Crippen molar-refractivity contribution in [3.05, 3.63) is 0 Å². The van der Waals surface area contributed by atoms with Crippen molar-refractivity contribution in [3.8, 4) is 0 Å². The van der Waals surface area contributed by atoms with Crippen LogP contribution in [0.25, 0.3) is 0 Å². The topological polar surface area (TPSA) is 29.1 Å². The first-order valence-corrected chi connectivity index (χ1v) is 4.93. The molecule has 0 aliphatic heterocycles. The molecule has 1 rings (SSSR count). The van der Waals surface area contributed by atoms with Crippen molar-refractivity contribution in [1.29, 1.82) is 0 Å². The van der Waals surface area contributed by atoms with Crippen LogP contribution in [0.2, 0.25) is 0 Å². The van der Waals surface area contributed by atoms with Crippen LogP contribution < -0.4 is 5.32 Å². The van der Waals surface area contributed by atoms with Gasteiger partial charge in [-0.1, -0.05) is 13.8 Å². The molecule has 0 radical (unpaired) electrons. The van der Waals surface area contributed by atoms with Crippen LogP contribution >= 0.6 is 0 Å². The van der Waals surface area contributed by atoms with Gasteiger partial charge < -0.3 is 5.32 Å². The highest BCUT2D eigenvalue weighted by atomic mass is 16.1. The van der Waals surface area contributed by atoms with Gasteiger partial charge >= 0.3 is 0 Å². The summed E-state index contributed by atoms with van der Waals surface area (Å²) in [6, 6.07) is 0.572. The van der Waals surface area contributed by atoms with Gasteiger partial charge in [-0.25, -0.2) is 0 Å². The molecule has 0 heterocycles. The smallest absolute Gasteiger partial charge is 0.132 e. The molecular formula is C10H19NO. The summed E-state index contributed by atoms with van der Waals surface area (Å²) in [6.07, 6.45) is 3.81. The molecule has 0 saturated heterocycles. The third kappa shape index (κ3) is 3.35. The zero-order valence-corrected chi connectivity index (χ0v) is 8.10. The number of Topliss-reactive ketones (excluding diaryl/α,β-unsaturated/α-hetero) is 1. The lowest BCUT2D eigenvalue weighted by molar-refractivity contribution is -0.120. The fourth-order valence-electron chi connectivity index (χ4n) is 1.61. The maximum Gasteiger partial charge on any atom is 0.132 e. The van der Waals surface area contributed by atoms with E-state index in [0.29, 0.717) is 11.8 Å². The van der Waals surface area contributed by atoms with E-state index in [9.17, 15) is 4.79 Å². The molecule has 1 aliphatic rings. The molecule has 0 amide bonds. The molecule has 1 saturated carbocycles. The van der Waals surface area contributed by atoms with Crippen molar-refractivity contribution in [2.45, 2.75) is 45.6 Å². The third-order valence-corrected chi connectivity index (χ3v) is 2.48. The second-order valence-electron chi connectivity index (χ2n) is 4.04. The standard InChI is InChI=1S/C10H19NO/c1-8(2)11-7-9-3-5-10(12)6-4-9/h8-9,11H,3-7H2,1-2H3. The first-order valence-electron chi connectivity index (χ1n) is 4.93. The van der Waals surface area contributed by atoms with Gasteiger partial charge in [0.1, 0.15) is 5.78 Å². The summed E-state index contributed by atoms with van der Waals surface area (Å²) in [6.45, 7) is 5.41. The van der Waals surface area contributed by atoms with E-state index < -0.39 is 0 Å². The molecule has 1 N–H and O–H groups in total. The summed E-state index contributed by atoms with van der Waals surface area (Å²) in [4.78, 5) is 10.9. The number of carbonyl (C=O) groups excluding carboxylic acids is 1. The monoisotopic (exact) mass is 169 g/mol. The average molecular weight is 169 g/mol. The quantitative estimate of drug-likeness (QED) is 0.697. The van der Waals surface area contributed by atoms with Crippen LogP contribution in [0.5, 0.6) is 0 Å². The fourth-order valence-corrected chi connectivity index (χ4v) is 1.61. The number of rotatable bonds is 3. The van der Waals surface area contributed by atoms with Gasteiger partial charge in [-0.05, 0) is 25.3 Å². The van der Waals surface area contributed by atoms with Crippen LogP contribution in [0.1, 0.15) is 39.5 Å². The largest absolute Gasteiger partial charge is 0.314 e. The van der Waals surface area contributed by atoms with Gasteiger partial charge in [0.25, 0.3) is 0 Å². The lowest BCUT2D eigenvalue weighted by Crippen LogP contribution is -2.31. The van der Waals surface area contributed by atoms with E-state index in [2.05, 4.69) is 19.2 Å². The Kier molecular flexibility index (Phi) is 3.73. The van der Waals surface area contributed by atoms with E-state index >= 15 is 0 Å². The summed E-state index contributed by atoms with van der Waals surface area (Å²) in [5.41, 5.74) is 0. The van der Waals surface area contributed by atoms with E-state index in [1.807, 2.05) is 0 Å². The Hall–Kier alpha value is -0.370. The summed E-state index contributed by atoms with van der Waals surface area (Å²) >= 11 is 0. The van der Waals surface area contributed by atoms with Crippen molar-refractivity contribution < 1.29 is 4.79 Å². The molecule has 0 aromatic heterocycles. The minimum absolute atomic E-state index is 0.454. The normalized spacial score (nSPS) is 20.4. The van der Waals surface area contributed by atoms with E-state index in [-0.39, 0.29) is 0 Å². The van der Waals surface area contributed by atoms with E-state index in [4.69, 9.17) is 0 Å². The molecular weight excluding hydrogens is 150 g/mol. The van der Waals surface area contributed by atoms with Crippen LogP contribution in [0.15, 0.2) is 0 Å². The Bertz CT molecular complexity index is 144. The Morgan fingerprint density at radius 2 is 2.00 bits per heavy atom. The van der Waals surface area contributed by atoms with Gasteiger partial charge in [0.15, 0.2) is 0 Å². The van der Waals surface area contributed by atoms with Crippen LogP contribution in [0.3, 0.4) is 0 Å².